The molecule has 0 unspecified atom stereocenters. The molecule has 0 spiro atoms. The van der Waals surface area contributed by atoms with Crippen LogP contribution < -0.4 is 0 Å². The highest BCUT2D eigenvalue weighted by Gasteiger charge is 2.21. The summed E-state index contributed by atoms with van der Waals surface area (Å²) in [6.45, 7) is 3.23. The van der Waals surface area contributed by atoms with E-state index >= 15 is 0 Å². The first-order chi connectivity index (χ1) is 8.70. The zero-order valence-electron chi connectivity index (χ0n) is 11.1. The molecule has 0 aliphatic heterocycles. The van der Waals surface area contributed by atoms with E-state index in [1.807, 2.05) is 11.7 Å². The second kappa shape index (κ2) is 4.53. The van der Waals surface area contributed by atoms with E-state index in [4.69, 9.17) is 12.2 Å². The fourth-order valence-electron chi connectivity index (χ4n) is 2.79. The lowest BCUT2D eigenvalue weighted by atomic mass is 9.85. The second-order valence-electron chi connectivity index (χ2n) is 5.36. The highest BCUT2D eigenvalue weighted by molar-refractivity contribution is 7.71. The Labute approximate surface area is 112 Å². The number of nitrogens with one attached hydrogen (secondary N) is 1. The van der Waals surface area contributed by atoms with Crippen molar-refractivity contribution in [2.24, 2.45) is 13.0 Å². The number of hydrogen-bond acceptors (Lipinski definition) is 2. The van der Waals surface area contributed by atoms with Gasteiger partial charge in [-0.2, -0.15) is 5.10 Å². The van der Waals surface area contributed by atoms with Crippen LogP contribution >= 0.6 is 12.2 Å². The summed E-state index contributed by atoms with van der Waals surface area (Å²) in [6, 6.07) is 0. The zero-order chi connectivity index (χ0) is 12.7. The minimum atomic E-state index is 0.806. The van der Waals surface area contributed by atoms with E-state index < -0.39 is 0 Å². The molecule has 0 bridgehead atoms. The first-order valence-electron chi connectivity index (χ1n) is 6.85. The molecule has 98 valence electrons. The zero-order valence-corrected chi connectivity index (χ0v) is 11.9. The molecule has 0 radical (unpaired) electrons. The average molecular weight is 264 g/mol. The molecule has 1 fully saturated rings. The SMILES string of the molecule is CCCc1nn(C)c2c1[nH]c(=S)n2CC1CCC1. The van der Waals surface area contributed by atoms with Gasteiger partial charge in [0, 0.05) is 13.6 Å². The van der Waals surface area contributed by atoms with Crippen LogP contribution in [0, 0.1) is 10.7 Å². The van der Waals surface area contributed by atoms with Gasteiger partial charge in [-0.25, -0.2) is 0 Å². The van der Waals surface area contributed by atoms with Crippen LogP contribution in [0.1, 0.15) is 38.3 Å². The first-order valence-corrected chi connectivity index (χ1v) is 7.26. The number of rotatable bonds is 4. The molecule has 18 heavy (non-hydrogen) atoms. The number of hydrogen-bond donors (Lipinski definition) is 1. The van der Waals surface area contributed by atoms with Crippen molar-refractivity contribution in [3.05, 3.63) is 10.5 Å². The van der Waals surface area contributed by atoms with Gasteiger partial charge in [0.05, 0.1) is 5.69 Å². The standard InChI is InChI=1S/C13H20N4S/c1-3-5-10-11-12(16(2)15-10)17(13(18)14-11)8-9-6-4-7-9/h9H,3-8H2,1-2H3,(H,14,18). The lowest BCUT2D eigenvalue weighted by molar-refractivity contribution is 0.277. The monoisotopic (exact) mass is 264 g/mol. The summed E-state index contributed by atoms with van der Waals surface area (Å²) in [4.78, 5) is 3.35. The summed E-state index contributed by atoms with van der Waals surface area (Å²) in [6.07, 6.45) is 6.18. The number of aromatic amines is 1. The Balaban J connectivity index is 2.07. The molecule has 1 saturated carbocycles. The van der Waals surface area contributed by atoms with Crippen LogP contribution in [0.4, 0.5) is 0 Å². The van der Waals surface area contributed by atoms with Crippen molar-refractivity contribution in [1.29, 1.82) is 0 Å². The molecule has 0 amide bonds. The van der Waals surface area contributed by atoms with E-state index in [1.54, 1.807) is 0 Å². The summed E-state index contributed by atoms with van der Waals surface area (Å²) in [5.74, 6) is 0.806. The number of fused-ring (bicyclic) bond motifs is 1. The molecule has 2 heterocycles. The van der Waals surface area contributed by atoms with Gasteiger partial charge in [-0.15, -0.1) is 0 Å². The van der Waals surface area contributed by atoms with Crippen molar-refractivity contribution in [2.75, 3.05) is 0 Å². The van der Waals surface area contributed by atoms with Crippen molar-refractivity contribution in [1.82, 2.24) is 19.3 Å². The Kier molecular flexibility index (Phi) is 3.01. The number of H-pyrrole nitrogens is 1. The minimum Gasteiger partial charge on any atom is -0.328 e. The van der Waals surface area contributed by atoms with Gasteiger partial charge >= 0.3 is 0 Å². The number of aryl methyl sites for hydroxylation is 2. The molecule has 3 rings (SSSR count). The Bertz CT molecular complexity index is 615. The largest absolute Gasteiger partial charge is 0.328 e. The van der Waals surface area contributed by atoms with Gasteiger partial charge in [0.1, 0.15) is 5.52 Å². The molecule has 1 aliphatic rings. The van der Waals surface area contributed by atoms with Crippen LogP contribution in [0.25, 0.3) is 11.2 Å². The fraction of sp³-hybridized carbons (Fsp3) is 0.692. The number of aromatic nitrogens is 4. The van der Waals surface area contributed by atoms with E-state index in [1.165, 1.54) is 19.3 Å². The van der Waals surface area contributed by atoms with Crippen molar-refractivity contribution in [2.45, 2.75) is 45.6 Å². The quantitative estimate of drug-likeness (QED) is 0.861. The molecule has 2 aromatic rings. The van der Waals surface area contributed by atoms with E-state index in [-0.39, 0.29) is 0 Å². The molecule has 0 saturated heterocycles. The number of nitrogens with zero attached hydrogens (tertiary/aromatic N) is 3. The summed E-state index contributed by atoms with van der Waals surface area (Å²) in [5, 5.41) is 4.61. The first kappa shape index (κ1) is 12.0. The minimum absolute atomic E-state index is 0.806. The smallest absolute Gasteiger partial charge is 0.179 e. The van der Waals surface area contributed by atoms with Gasteiger partial charge in [-0.1, -0.05) is 19.8 Å². The average Bonchev–Trinajstić information content (AvgIpc) is 2.73. The van der Waals surface area contributed by atoms with Crippen LogP contribution in [-0.2, 0) is 20.0 Å². The molecule has 1 aliphatic carbocycles. The van der Waals surface area contributed by atoms with Crippen LogP contribution in [-0.4, -0.2) is 19.3 Å². The maximum Gasteiger partial charge on any atom is 0.179 e. The van der Waals surface area contributed by atoms with Crippen molar-refractivity contribution in [3.63, 3.8) is 0 Å². The second-order valence-corrected chi connectivity index (χ2v) is 5.74. The maximum absolute atomic E-state index is 5.47. The van der Waals surface area contributed by atoms with E-state index in [0.29, 0.717) is 0 Å². The summed E-state index contributed by atoms with van der Waals surface area (Å²) in [7, 11) is 2.02. The molecule has 4 nitrogen and oxygen atoms in total. The highest BCUT2D eigenvalue weighted by atomic mass is 32.1. The summed E-state index contributed by atoms with van der Waals surface area (Å²) >= 11 is 5.47. The lowest BCUT2D eigenvalue weighted by Gasteiger charge is -2.25. The van der Waals surface area contributed by atoms with Crippen LogP contribution in [0.5, 0.6) is 0 Å². The van der Waals surface area contributed by atoms with Gasteiger partial charge in [0.15, 0.2) is 10.4 Å². The van der Waals surface area contributed by atoms with Gasteiger partial charge in [0.25, 0.3) is 0 Å². The Hall–Kier alpha value is -1.10. The Morgan fingerprint density at radius 2 is 2.22 bits per heavy atom. The van der Waals surface area contributed by atoms with Crippen LogP contribution in [0.15, 0.2) is 0 Å². The molecular formula is C13H20N4S. The normalized spacial score (nSPS) is 16.3. The number of imidazole rings is 1. The van der Waals surface area contributed by atoms with Gasteiger partial charge in [-0.05, 0) is 37.4 Å². The lowest BCUT2D eigenvalue weighted by Crippen LogP contribution is -2.18. The van der Waals surface area contributed by atoms with E-state index in [9.17, 15) is 0 Å². The Morgan fingerprint density at radius 1 is 1.44 bits per heavy atom. The van der Waals surface area contributed by atoms with E-state index in [0.717, 1.165) is 46.9 Å². The Morgan fingerprint density at radius 3 is 2.83 bits per heavy atom. The summed E-state index contributed by atoms with van der Waals surface area (Å²) < 4.78 is 5.06. The third kappa shape index (κ3) is 1.81. The predicted molar refractivity (Wildman–Crippen MR) is 75.2 cm³/mol. The van der Waals surface area contributed by atoms with Gasteiger partial charge in [-0.3, -0.25) is 4.68 Å². The third-order valence-electron chi connectivity index (χ3n) is 3.97. The molecule has 2 aromatic heterocycles. The molecule has 1 N–H and O–H groups in total. The predicted octanol–water partition coefficient (Wildman–Crippen LogP) is 3.18. The van der Waals surface area contributed by atoms with Gasteiger partial charge < -0.3 is 9.55 Å². The molecule has 5 heteroatoms. The molecule has 0 atom stereocenters. The highest BCUT2D eigenvalue weighted by Crippen LogP contribution is 2.29. The van der Waals surface area contributed by atoms with Gasteiger partial charge in [0.2, 0.25) is 0 Å². The topological polar surface area (TPSA) is 38.5 Å². The van der Waals surface area contributed by atoms with Crippen LogP contribution in [0.2, 0.25) is 0 Å². The van der Waals surface area contributed by atoms with Crippen LogP contribution in [0.3, 0.4) is 0 Å². The molecular weight excluding hydrogens is 244 g/mol. The van der Waals surface area contributed by atoms with E-state index in [2.05, 4.69) is 21.6 Å². The maximum atomic E-state index is 5.47. The summed E-state index contributed by atoms with van der Waals surface area (Å²) in [5.41, 5.74) is 3.45. The van der Waals surface area contributed by atoms with Crippen molar-refractivity contribution in [3.8, 4) is 0 Å². The van der Waals surface area contributed by atoms with Crippen molar-refractivity contribution < 1.29 is 0 Å². The fourth-order valence-corrected chi connectivity index (χ4v) is 3.06. The molecule has 0 aromatic carbocycles. The third-order valence-corrected chi connectivity index (χ3v) is 4.30. The van der Waals surface area contributed by atoms with Crippen molar-refractivity contribution >= 4 is 23.4 Å².